The predicted octanol–water partition coefficient (Wildman–Crippen LogP) is 4.47. The van der Waals surface area contributed by atoms with Gasteiger partial charge in [-0.05, 0) is 25.1 Å². The molecule has 0 aliphatic carbocycles. The van der Waals surface area contributed by atoms with Crippen LogP contribution in [0.4, 0.5) is 0 Å². The minimum Gasteiger partial charge on any atom is -0.455 e. The van der Waals surface area contributed by atoms with Crippen LogP contribution in [0.5, 0.6) is 11.5 Å². The highest BCUT2D eigenvalue weighted by Gasteiger charge is 2.08. The average molecular weight is 285 g/mol. The Morgan fingerprint density at radius 1 is 1.10 bits per heavy atom. The van der Waals surface area contributed by atoms with Gasteiger partial charge in [-0.1, -0.05) is 18.2 Å². The molecule has 0 saturated carbocycles. The van der Waals surface area contributed by atoms with Gasteiger partial charge in [0.25, 0.3) is 0 Å². The van der Waals surface area contributed by atoms with Crippen molar-refractivity contribution >= 4 is 22.5 Å². The van der Waals surface area contributed by atoms with E-state index in [1.54, 1.807) is 12.4 Å². The number of halogens is 1. The van der Waals surface area contributed by atoms with Crippen LogP contribution in [0.25, 0.3) is 10.9 Å². The summed E-state index contributed by atoms with van der Waals surface area (Å²) < 4.78 is 5.98. The van der Waals surface area contributed by atoms with Crippen LogP contribution >= 0.6 is 11.6 Å². The molecule has 0 aliphatic rings. The van der Waals surface area contributed by atoms with Crippen molar-refractivity contribution in [3.63, 3.8) is 0 Å². The third-order valence-electron chi connectivity index (χ3n) is 3.05. The van der Waals surface area contributed by atoms with Crippen LogP contribution in [0.1, 0.15) is 11.3 Å². The number of aryl methyl sites for hydroxylation is 1. The smallest absolute Gasteiger partial charge is 0.153 e. The Morgan fingerprint density at radius 2 is 2.00 bits per heavy atom. The van der Waals surface area contributed by atoms with E-state index < -0.39 is 0 Å². The second kappa shape index (κ2) is 5.47. The molecule has 0 amide bonds. The van der Waals surface area contributed by atoms with E-state index in [9.17, 15) is 0 Å². The lowest BCUT2D eigenvalue weighted by atomic mass is 10.2. The van der Waals surface area contributed by atoms with E-state index in [2.05, 4.69) is 9.97 Å². The largest absolute Gasteiger partial charge is 0.455 e. The van der Waals surface area contributed by atoms with Gasteiger partial charge < -0.3 is 4.74 Å². The van der Waals surface area contributed by atoms with E-state index >= 15 is 0 Å². The van der Waals surface area contributed by atoms with E-state index in [4.69, 9.17) is 16.3 Å². The monoisotopic (exact) mass is 284 g/mol. The van der Waals surface area contributed by atoms with Crippen molar-refractivity contribution in [2.45, 2.75) is 12.8 Å². The molecule has 2 aromatic heterocycles. The van der Waals surface area contributed by atoms with Crippen molar-refractivity contribution in [3.05, 3.63) is 60.0 Å². The number of ether oxygens (including phenoxy) is 1. The topological polar surface area (TPSA) is 35.0 Å². The highest BCUT2D eigenvalue weighted by Crippen LogP contribution is 2.30. The molecule has 0 fully saturated rings. The van der Waals surface area contributed by atoms with E-state index in [1.807, 2.05) is 43.3 Å². The summed E-state index contributed by atoms with van der Waals surface area (Å²) in [6.45, 7) is 1.97. The number of benzene rings is 1. The summed E-state index contributed by atoms with van der Waals surface area (Å²) >= 11 is 5.91. The molecule has 3 nitrogen and oxygen atoms in total. The van der Waals surface area contributed by atoms with Gasteiger partial charge in [-0.2, -0.15) is 0 Å². The Hall–Kier alpha value is -2.13. The number of alkyl halides is 1. The van der Waals surface area contributed by atoms with Crippen molar-refractivity contribution in [2.75, 3.05) is 0 Å². The molecule has 0 N–H and O–H groups in total. The first-order valence-electron chi connectivity index (χ1n) is 6.31. The van der Waals surface area contributed by atoms with Gasteiger partial charge in [0.1, 0.15) is 11.3 Å². The van der Waals surface area contributed by atoms with Gasteiger partial charge in [0.05, 0.1) is 5.88 Å². The third kappa shape index (κ3) is 2.45. The number of hydrogen-bond donors (Lipinski definition) is 0. The molecule has 0 saturated heterocycles. The summed E-state index contributed by atoms with van der Waals surface area (Å²) in [7, 11) is 0. The lowest BCUT2D eigenvalue weighted by Gasteiger charge is -2.11. The second-order valence-electron chi connectivity index (χ2n) is 4.50. The molecule has 0 unspecified atom stereocenters. The second-order valence-corrected chi connectivity index (χ2v) is 4.77. The fraction of sp³-hybridized carbons (Fsp3) is 0.125. The molecule has 0 radical (unpaired) electrons. The summed E-state index contributed by atoms with van der Waals surface area (Å²) in [5.74, 6) is 1.80. The Labute approximate surface area is 122 Å². The first-order valence-corrected chi connectivity index (χ1v) is 6.84. The number of rotatable bonds is 3. The normalized spacial score (nSPS) is 10.7. The number of hydrogen-bond acceptors (Lipinski definition) is 3. The van der Waals surface area contributed by atoms with Gasteiger partial charge in [-0.15, -0.1) is 11.6 Å². The molecule has 3 rings (SSSR count). The SMILES string of the molecule is Cc1ccc2cccc(Oc3ccncc3CCl)c2n1. The van der Waals surface area contributed by atoms with Gasteiger partial charge in [-0.3, -0.25) is 4.98 Å². The first kappa shape index (κ1) is 12.9. The van der Waals surface area contributed by atoms with Crippen LogP contribution in [0.15, 0.2) is 48.8 Å². The molecule has 3 aromatic rings. The maximum Gasteiger partial charge on any atom is 0.153 e. The number of para-hydroxylation sites is 1. The Balaban J connectivity index is 2.08. The molecule has 2 heterocycles. The van der Waals surface area contributed by atoms with E-state index in [0.29, 0.717) is 11.6 Å². The Bertz CT molecular complexity index is 758. The molecular formula is C16H13ClN2O. The van der Waals surface area contributed by atoms with E-state index in [-0.39, 0.29) is 0 Å². The van der Waals surface area contributed by atoms with Crippen molar-refractivity contribution in [1.29, 1.82) is 0 Å². The zero-order valence-corrected chi connectivity index (χ0v) is 11.8. The summed E-state index contributed by atoms with van der Waals surface area (Å²) in [4.78, 5) is 8.61. The van der Waals surface area contributed by atoms with Crippen LogP contribution in [-0.2, 0) is 5.88 Å². The summed E-state index contributed by atoms with van der Waals surface area (Å²) in [6, 6.07) is 11.7. The van der Waals surface area contributed by atoms with Crippen molar-refractivity contribution < 1.29 is 4.74 Å². The van der Waals surface area contributed by atoms with Gasteiger partial charge in [0.15, 0.2) is 5.75 Å². The molecule has 1 aromatic carbocycles. The maximum absolute atomic E-state index is 5.98. The fourth-order valence-corrected chi connectivity index (χ4v) is 2.23. The predicted molar refractivity (Wildman–Crippen MR) is 80.3 cm³/mol. The molecule has 4 heteroatoms. The quantitative estimate of drug-likeness (QED) is 0.666. The molecular weight excluding hydrogens is 272 g/mol. The number of fused-ring (bicyclic) bond motifs is 1. The highest BCUT2D eigenvalue weighted by atomic mass is 35.5. The van der Waals surface area contributed by atoms with E-state index in [1.165, 1.54) is 0 Å². The van der Waals surface area contributed by atoms with Crippen LogP contribution in [0.3, 0.4) is 0 Å². The van der Waals surface area contributed by atoms with Gasteiger partial charge in [-0.25, -0.2) is 4.98 Å². The third-order valence-corrected chi connectivity index (χ3v) is 3.33. The number of nitrogens with zero attached hydrogens (tertiary/aromatic N) is 2. The first-order chi connectivity index (χ1) is 9.78. The zero-order chi connectivity index (χ0) is 13.9. The Morgan fingerprint density at radius 3 is 2.85 bits per heavy atom. The number of pyridine rings is 2. The van der Waals surface area contributed by atoms with Crippen molar-refractivity contribution in [2.24, 2.45) is 0 Å². The van der Waals surface area contributed by atoms with Crippen LogP contribution in [-0.4, -0.2) is 9.97 Å². The van der Waals surface area contributed by atoms with Crippen LogP contribution in [0, 0.1) is 6.92 Å². The minimum absolute atomic E-state index is 0.362. The lowest BCUT2D eigenvalue weighted by Crippen LogP contribution is -1.93. The summed E-state index contributed by atoms with van der Waals surface area (Å²) in [6.07, 6.45) is 3.40. The average Bonchev–Trinajstić information content (AvgIpc) is 2.48. The lowest BCUT2D eigenvalue weighted by molar-refractivity contribution is 0.482. The van der Waals surface area contributed by atoms with Crippen LogP contribution < -0.4 is 4.74 Å². The minimum atomic E-state index is 0.362. The summed E-state index contributed by atoms with van der Waals surface area (Å²) in [5.41, 5.74) is 2.67. The molecule has 100 valence electrons. The molecule has 0 bridgehead atoms. The molecule has 20 heavy (non-hydrogen) atoms. The molecule has 0 aliphatic heterocycles. The fourth-order valence-electron chi connectivity index (χ4n) is 2.03. The van der Waals surface area contributed by atoms with Gasteiger partial charge >= 0.3 is 0 Å². The molecule has 0 spiro atoms. The Kier molecular flexibility index (Phi) is 3.52. The number of aromatic nitrogens is 2. The van der Waals surface area contributed by atoms with Crippen molar-refractivity contribution in [1.82, 2.24) is 9.97 Å². The highest BCUT2D eigenvalue weighted by molar-refractivity contribution is 6.17. The van der Waals surface area contributed by atoms with Gasteiger partial charge in [0.2, 0.25) is 0 Å². The zero-order valence-electron chi connectivity index (χ0n) is 11.0. The standard InChI is InChI=1S/C16H13ClN2O/c1-11-5-6-12-3-2-4-15(16(12)19-11)20-14-7-8-18-10-13(14)9-17/h2-8,10H,9H2,1H3. The van der Waals surface area contributed by atoms with Crippen molar-refractivity contribution in [3.8, 4) is 11.5 Å². The maximum atomic E-state index is 5.98. The molecule has 0 atom stereocenters. The van der Waals surface area contributed by atoms with E-state index in [0.717, 1.165) is 27.9 Å². The van der Waals surface area contributed by atoms with Crippen LogP contribution in [0.2, 0.25) is 0 Å². The van der Waals surface area contributed by atoms with Gasteiger partial charge in [0, 0.05) is 29.0 Å². The summed E-state index contributed by atoms with van der Waals surface area (Å²) in [5, 5.41) is 1.05.